The number of rotatable bonds is 2. The van der Waals surface area contributed by atoms with Gasteiger partial charge in [0.15, 0.2) is 30.3 Å². The molecule has 14 aliphatic rings. The van der Waals surface area contributed by atoms with Crippen molar-refractivity contribution >= 4 is 28.6 Å². The van der Waals surface area contributed by atoms with Gasteiger partial charge in [-0.1, -0.05) is 49.6 Å². The fraction of sp³-hybridized carbons (Fsp3) is 0.911. The molecule has 0 amide bonds. The van der Waals surface area contributed by atoms with Crippen molar-refractivity contribution < 1.29 is 101 Å². The van der Waals surface area contributed by atoms with E-state index in [4.69, 9.17) is 71.1 Å². The van der Waals surface area contributed by atoms with Gasteiger partial charge in [-0.05, 0) is 80.8 Å². The maximum Gasteiger partial charge on any atom is 0.308 e. The minimum absolute atomic E-state index is 0.0553. The molecule has 21 nitrogen and oxygen atoms in total. The second-order valence-corrected chi connectivity index (χ2v) is 27.1. The summed E-state index contributed by atoms with van der Waals surface area (Å²) in [5.41, 5.74) is 1.91. The standard InChI is InChI=1S/C56H79IO21/c1-24-15-28-5-7-32-25(2)16-30(64-32)9-13-55-52(61)56(62,63)49(77-55)48-44(57)47(76-55)46-35(70-48)8-6-29(66-46)17-43(60)68-37-20-40-50(71-38(37)19-36(65-28)27(24)4)72-51-42(67-40)23-54(78-51)22-41-34(73-54)10-12-53(75-41)21-26(3)45-39(74-53)18-31(59)33(69-45)11-14-58/h24,26,28-42,44-52,58-59,61-63H,2,4-23H2,1,3H3/t24-,26+,28+,29-,30+,31-,32+,33-,34+,35+,36-,37-,38+,39+,40?,41+,42?,44+,45+,46+,47-,48-,49?,50+,51+,52+,53+,54+,55-/m1/s1. The molecule has 14 fully saturated rings. The van der Waals surface area contributed by atoms with Gasteiger partial charge in [0, 0.05) is 58.0 Å². The number of aliphatic hydroxyl groups excluding tert-OH is 3. The maximum absolute atomic E-state index is 14.4. The highest BCUT2D eigenvalue weighted by Gasteiger charge is 2.72. The number of aliphatic hydroxyl groups is 5. The molecular formula is C56H79IO21. The zero-order valence-corrected chi connectivity index (χ0v) is 46.7. The fourth-order valence-electron chi connectivity index (χ4n) is 16.3. The van der Waals surface area contributed by atoms with Crippen molar-refractivity contribution in [3.05, 3.63) is 24.3 Å². The fourth-order valence-corrected chi connectivity index (χ4v) is 17.4. The Kier molecular flexibility index (Phi) is 14.5. The normalized spacial score (nSPS) is 56.4. The van der Waals surface area contributed by atoms with Crippen LogP contribution in [0.3, 0.4) is 0 Å². The summed E-state index contributed by atoms with van der Waals surface area (Å²) in [6, 6.07) is 0. The van der Waals surface area contributed by atoms with E-state index in [-0.39, 0.29) is 80.4 Å². The Balaban J connectivity index is 0.685. The van der Waals surface area contributed by atoms with Gasteiger partial charge in [0.1, 0.15) is 48.8 Å². The lowest BCUT2D eigenvalue weighted by Gasteiger charge is -2.53. The van der Waals surface area contributed by atoms with E-state index in [1.807, 2.05) is 0 Å². The third-order valence-corrected chi connectivity index (χ3v) is 21.7. The molecule has 3 unspecified atom stereocenters. The topological polar surface area (TPSA) is 257 Å². The predicted molar refractivity (Wildman–Crippen MR) is 273 cm³/mol. The van der Waals surface area contributed by atoms with Gasteiger partial charge in [-0.2, -0.15) is 0 Å². The van der Waals surface area contributed by atoms with Gasteiger partial charge < -0.3 is 96.6 Å². The van der Waals surface area contributed by atoms with Gasteiger partial charge >= 0.3 is 5.97 Å². The highest BCUT2D eigenvalue weighted by molar-refractivity contribution is 14.1. The molecule has 0 aromatic carbocycles. The minimum atomic E-state index is -2.64. The van der Waals surface area contributed by atoms with E-state index in [2.05, 4.69) is 49.6 Å². The lowest BCUT2D eigenvalue weighted by Crippen LogP contribution is -2.68. The molecule has 0 aliphatic carbocycles. The van der Waals surface area contributed by atoms with Crippen molar-refractivity contribution in [3.8, 4) is 0 Å². The number of fused-ring (bicyclic) bond motifs is 13. The van der Waals surface area contributed by atoms with Gasteiger partial charge in [-0.25, -0.2) is 0 Å². The SMILES string of the molecule is C=C1C[C@@H]2CC[C@]34OC([C@@H]5O[C@H]6CC[C@H](CC(=O)O[C@@H]7CC8OC9C[C@]%10(C[C@@H]%11O[C@@]%12(CC[C@@H]%11O%10)C[C@H](C)[C@@H]%10O[C@H](CCO)[C@H](O)C[C@@H]%10O%12)O[C@@H]9O[C@@H]8O[C@H]7C[C@H]7O[C@@H](CC[C@@H]1O2)C[C@@H](C)C7=C)O[C@@H]6[C@H](O3)[C@@H]5I)C(O)(O)[C@H]4O. The van der Waals surface area contributed by atoms with E-state index in [1.165, 1.54) is 0 Å². The van der Waals surface area contributed by atoms with Crippen LogP contribution in [0.1, 0.15) is 129 Å². The molecule has 0 saturated carbocycles. The van der Waals surface area contributed by atoms with E-state index >= 15 is 0 Å². The van der Waals surface area contributed by atoms with Gasteiger partial charge in [0.2, 0.25) is 11.6 Å². The molecule has 14 aliphatic heterocycles. The van der Waals surface area contributed by atoms with Crippen molar-refractivity contribution in [1.29, 1.82) is 0 Å². The highest BCUT2D eigenvalue weighted by atomic mass is 127. The van der Waals surface area contributed by atoms with Crippen LogP contribution in [0.4, 0.5) is 0 Å². The summed E-state index contributed by atoms with van der Waals surface area (Å²) in [6.07, 6.45) is -5.41. The Labute approximate surface area is 467 Å². The summed E-state index contributed by atoms with van der Waals surface area (Å²) in [5, 5.41) is 55.0. The van der Waals surface area contributed by atoms with Gasteiger partial charge in [0.25, 0.3) is 0 Å². The van der Waals surface area contributed by atoms with Crippen LogP contribution in [0.25, 0.3) is 0 Å². The van der Waals surface area contributed by atoms with Crippen LogP contribution < -0.4 is 0 Å². The van der Waals surface area contributed by atoms with Crippen LogP contribution in [0.15, 0.2) is 24.3 Å². The van der Waals surface area contributed by atoms with Gasteiger partial charge in [-0.3, -0.25) is 4.79 Å². The van der Waals surface area contributed by atoms with E-state index < -0.39 is 131 Å². The van der Waals surface area contributed by atoms with E-state index in [0.29, 0.717) is 89.9 Å². The lowest BCUT2D eigenvalue weighted by atomic mass is 9.80. The van der Waals surface area contributed by atoms with Crippen LogP contribution in [-0.2, 0) is 75.8 Å². The molecule has 0 aromatic heterocycles. The largest absolute Gasteiger partial charge is 0.459 e. The molecule has 22 heteroatoms. The average molecular weight is 1220 g/mol. The van der Waals surface area contributed by atoms with Gasteiger partial charge in [-0.15, -0.1) is 0 Å². The van der Waals surface area contributed by atoms with Gasteiger partial charge in [0.05, 0.1) is 83.6 Å². The zero-order valence-electron chi connectivity index (χ0n) is 44.5. The van der Waals surface area contributed by atoms with E-state index in [1.54, 1.807) is 0 Å². The molecule has 29 atom stereocenters. The van der Waals surface area contributed by atoms with Crippen molar-refractivity contribution in [2.24, 2.45) is 11.8 Å². The van der Waals surface area contributed by atoms with Crippen molar-refractivity contribution in [2.75, 3.05) is 6.61 Å². The third kappa shape index (κ3) is 9.56. The molecule has 0 radical (unpaired) electrons. The lowest BCUT2D eigenvalue weighted by molar-refractivity contribution is -0.383. The summed E-state index contributed by atoms with van der Waals surface area (Å²) >= 11 is 2.20. The first-order chi connectivity index (χ1) is 37.4. The first-order valence-electron chi connectivity index (χ1n) is 29.3. The molecule has 14 rings (SSSR count). The first kappa shape index (κ1) is 54.8. The Morgan fingerprint density at radius 1 is 0.590 bits per heavy atom. The number of ether oxygens (including phenoxy) is 15. The summed E-state index contributed by atoms with van der Waals surface area (Å²) in [6.45, 7) is 13.2. The second kappa shape index (κ2) is 20.6. The van der Waals surface area contributed by atoms with E-state index in [9.17, 15) is 30.3 Å². The maximum atomic E-state index is 14.4. The smallest absolute Gasteiger partial charge is 0.308 e. The number of alkyl halides is 1. The molecule has 0 aromatic rings. The second-order valence-electron chi connectivity index (χ2n) is 25.6. The number of carbonyl (C=O) groups is 1. The highest BCUT2D eigenvalue weighted by Crippen LogP contribution is 2.56. The first-order valence-corrected chi connectivity index (χ1v) is 30.5. The number of halogens is 1. The molecule has 14 heterocycles. The molecule has 10 bridgehead atoms. The molecular weight excluding hydrogens is 1140 g/mol. The summed E-state index contributed by atoms with van der Waals surface area (Å²) in [4.78, 5) is 14.4. The van der Waals surface area contributed by atoms with Crippen LogP contribution >= 0.6 is 22.6 Å². The monoisotopic (exact) mass is 1210 g/mol. The van der Waals surface area contributed by atoms with Crippen LogP contribution in [0.2, 0.25) is 0 Å². The quantitative estimate of drug-likeness (QED) is 0.0874. The molecule has 78 heavy (non-hydrogen) atoms. The Morgan fingerprint density at radius 3 is 2.22 bits per heavy atom. The minimum Gasteiger partial charge on any atom is -0.459 e. The van der Waals surface area contributed by atoms with Crippen molar-refractivity contribution in [3.63, 3.8) is 0 Å². The van der Waals surface area contributed by atoms with Crippen LogP contribution in [0.5, 0.6) is 0 Å². The number of hydrogen-bond donors (Lipinski definition) is 5. The molecule has 14 saturated heterocycles. The number of esters is 1. The average Bonchev–Trinajstić information content (AvgIpc) is 4.31. The Bertz CT molecular complexity index is 2290. The number of carbonyl (C=O) groups excluding carboxylic acids is 1. The summed E-state index contributed by atoms with van der Waals surface area (Å²) < 4.78 is 100. The molecule has 3 spiro atoms. The summed E-state index contributed by atoms with van der Waals surface area (Å²) in [7, 11) is 0. The van der Waals surface area contributed by atoms with Crippen molar-refractivity contribution in [1.82, 2.24) is 0 Å². The Hall–Kier alpha value is -1.08. The zero-order chi connectivity index (χ0) is 53.8. The third-order valence-electron chi connectivity index (χ3n) is 20.3. The van der Waals surface area contributed by atoms with Crippen LogP contribution in [-0.4, -0.2) is 206 Å². The van der Waals surface area contributed by atoms with Crippen molar-refractivity contribution in [2.45, 2.75) is 297 Å². The molecule has 5 N–H and O–H groups in total. The Morgan fingerprint density at radius 2 is 1.37 bits per heavy atom. The van der Waals surface area contributed by atoms with E-state index in [0.717, 1.165) is 17.6 Å². The summed E-state index contributed by atoms with van der Waals surface area (Å²) in [5.74, 6) is -6.55. The van der Waals surface area contributed by atoms with Crippen LogP contribution in [0, 0.1) is 11.8 Å². The predicted octanol–water partition coefficient (Wildman–Crippen LogP) is 3.30. The molecule has 436 valence electrons. The number of hydrogen-bond acceptors (Lipinski definition) is 21.